The Morgan fingerprint density at radius 3 is 2.86 bits per heavy atom. The van der Waals surface area contributed by atoms with Crippen molar-refractivity contribution in [2.75, 3.05) is 25.0 Å². The predicted octanol–water partition coefficient (Wildman–Crippen LogP) is 2.69. The van der Waals surface area contributed by atoms with Gasteiger partial charge in [0.1, 0.15) is 0 Å². The summed E-state index contributed by atoms with van der Waals surface area (Å²) in [7, 11) is 0. The maximum Gasteiger partial charge on any atom is 0.223 e. The number of halogens is 1. The summed E-state index contributed by atoms with van der Waals surface area (Å²) in [4.78, 5) is 8.73. The standard InChI is InChI=1S/C16H16ClN5/c17-14-10-21-16(20-9-12-5-6-19-8-12)22-15(14)13-3-1-11(7-18)2-4-13/h1-4,10,12,19H,5-6,8-9H2,(H,20,21,22). The van der Waals surface area contributed by atoms with Crippen molar-refractivity contribution in [3.05, 3.63) is 41.0 Å². The molecule has 22 heavy (non-hydrogen) atoms. The second-order valence-electron chi connectivity index (χ2n) is 5.32. The molecule has 0 bridgehead atoms. The summed E-state index contributed by atoms with van der Waals surface area (Å²) in [5, 5.41) is 16.0. The Kier molecular flexibility index (Phi) is 4.52. The van der Waals surface area contributed by atoms with Crippen LogP contribution in [0, 0.1) is 17.2 Å². The zero-order valence-corrected chi connectivity index (χ0v) is 12.8. The normalized spacial score (nSPS) is 17.2. The van der Waals surface area contributed by atoms with Crippen molar-refractivity contribution in [2.24, 2.45) is 5.92 Å². The van der Waals surface area contributed by atoms with Crippen LogP contribution in [0.5, 0.6) is 0 Å². The van der Waals surface area contributed by atoms with E-state index in [2.05, 4.69) is 26.7 Å². The number of nitriles is 1. The van der Waals surface area contributed by atoms with Crippen LogP contribution in [0.4, 0.5) is 5.95 Å². The highest BCUT2D eigenvalue weighted by Crippen LogP contribution is 2.26. The molecule has 1 fully saturated rings. The molecule has 1 aliphatic heterocycles. The van der Waals surface area contributed by atoms with Gasteiger partial charge in [-0.05, 0) is 37.6 Å². The third-order valence-electron chi connectivity index (χ3n) is 3.74. The highest BCUT2D eigenvalue weighted by atomic mass is 35.5. The van der Waals surface area contributed by atoms with Gasteiger partial charge in [-0.2, -0.15) is 5.26 Å². The van der Waals surface area contributed by atoms with Gasteiger partial charge >= 0.3 is 0 Å². The Labute approximate surface area is 134 Å². The highest BCUT2D eigenvalue weighted by Gasteiger charge is 2.15. The molecule has 2 N–H and O–H groups in total. The second-order valence-corrected chi connectivity index (χ2v) is 5.73. The SMILES string of the molecule is N#Cc1ccc(-c2nc(NCC3CCNC3)ncc2Cl)cc1. The number of aromatic nitrogens is 2. The van der Waals surface area contributed by atoms with Gasteiger partial charge < -0.3 is 10.6 Å². The lowest BCUT2D eigenvalue weighted by Gasteiger charge is -2.11. The molecule has 0 saturated carbocycles. The Balaban J connectivity index is 1.78. The minimum Gasteiger partial charge on any atom is -0.354 e. The summed E-state index contributed by atoms with van der Waals surface area (Å²) in [5.41, 5.74) is 2.16. The van der Waals surface area contributed by atoms with E-state index in [1.165, 1.54) is 6.42 Å². The third kappa shape index (κ3) is 3.35. The van der Waals surface area contributed by atoms with Crippen LogP contribution in [-0.4, -0.2) is 29.6 Å². The number of nitrogens with one attached hydrogen (secondary N) is 2. The van der Waals surface area contributed by atoms with Crippen LogP contribution in [-0.2, 0) is 0 Å². The van der Waals surface area contributed by atoms with Crippen LogP contribution < -0.4 is 10.6 Å². The third-order valence-corrected chi connectivity index (χ3v) is 4.02. The topological polar surface area (TPSA) is 73.6 Å². The molecule has 112 valence electrons. The van der Waals surface area contributed by atoms with Crippen molar-refractivity contribution in [3.63, 3.8) is 0 Å². The first-order chi connectivity index (χ1) is 10.8. The van der Waals surface area contributed by atoms with E-state index < -0.39 is 0 Å². The van der Waals surface area contributed by atoms with Gasteiger partial charge in [0, 0.05) is 12.1 Å². The zero-order chi connectivity index (χ0) is 15.4. The Morgan fingerprint density at radius 1 is 1.36 bits per heavy atom. The van der Waals surface area contributed by atoms with Crippen LogP contribution in [0.3, 0.4) is 0 Å². The zero-order valence-electron chi connectivity index (χ0n) is 12.0. The molecule has 0 radical (unpaired) electrons. The number of rotatable bonds is 4. The molecule has 6 heteroatoms. The van der Waals surface area contributed by atoms with Crippen molar-refractivity contribution in [1.29, 1.82) is 5.26 Å². The summed E-state index contributed by atoms with van der Waals surface area (Å²) in [5.74, 6) is 1.19. The number of hydrogen-bond donors (Lipinski definition) is 2. The van der Waals surface area contributed by atoms with E-state index in [0.29, 0.717) is 28.1 Å². The first kappa shape index (κ1) is 14.8. The summed E-state index contributed by atoms with van der Waals surface area (Å²) >= 11 is 6.20. The molecule has 1 atom stereocenters. The van der Waals surface area contributed by atoms with Gasteiger partial charge in [-0.25, -0.2) is 9.97 Å². The first-order valence-electron chi connectivity index (χ1n) is 7.24. The number of anilines is 1. The van der Waals surface area contributed by atoms with E-state index in [0.717, 1.165) is 25.2 Å². The minimum absolute atomic E-state index is 0.498. The maximum absolute atomic E-state index is 8.85. The number of benzene rings is 1. The fraction of sp³-hybridized carbons (Fsp3) is 0.312. The number of nitrogens with zero attached hydrogens (tertiary/aromatic N) is 3. The lowest BCUT2D eigenvalue weighted by atomic mass is 10.1. The molecular weight excluding hydrogens is 298 g/mol. The molecule has 0 amide bonds. The van der Waals surface area contributed by atoms with Gasteiger partial charge in [0.05, 0.1) is 28.5 Å². The molecule has 1 unspecified atom stereocenters. The van der Waals surface area contributed by atoms with Crippen molar-refractivity contribution in [2.45, 2.75) is 6.42 Å². The fourth-order valence-electron chi connectivity index (χ4n) is 2.48. The molecule has 1 aliphatic rings. The molecule has 0 spiro atoms. The monoisotopic (exact) mass is 313 g/mol. The smallest absolute Gasteiger partial charge is 0.223 e. The average molecular weight is 314 g/mol. The number of hydrogen-bond acceptors (Lipinski definition) is 5. The van der Waals surface area contributed by atoms with Crippen molar-refractivity contribution in [3.8, 4) is 17.3 Å². The quantitative estimate of drug-likeness (QED) is 0.908. The van der Waals surface area contributed by atoms with E-state index in [-0.39, 0.29) is 0 Å². The summed E-state index contributed by atoms with van der Waals surface area (Å²) in [6.45, 7) is 2.95. The minimum atomic E-state index is 0.498. The van der Waals surface area contributed by atoms with Gasteiger partial charge in [-0.3, -0.25) is 0 Å². The second kappa shape index (κ2) is 6.73. The summed E-state index contributed by atoms with van der Waals surface area (Å²) < 4.78 is 0. The molecule has 3 rings (SSSR count). The van der Waals surface area contributed by atoms with E-state index in [1.807, 2.05) is 12.1 Å². The van der Waals surface area contributed by atoms with Crippen LogP contribution in [0.25, 0.3) is 11.3 Å². The van der Waals surface area contributed by atoms with E-state index >= 15 is 0 Å². The highest BCUT2D eigenvalue weighted by molar-refractivity contribution is 6.32. The molecule has 2 heterocycles. The lowest BCUT2D eigenvalue weighted by Crippen LogP contribution is -2.18. The van der Waals surface area contributed by atoms with Crippen molar-refractivity contribution >= 4 is 17.5 Å². The Morgan fingerprint density at radius 2 is 2.18 bits per heavy atom. The fourth-order valence-corrected chi connectivity index (χ4v) is 2.68. The molecular formula is C16H16ClN5. The van der Waals surface area contributed by atoms with Gasteiger partial charge in [0.25, 0.3) is 0 Å². The molecule has 5 nitrogen and oxygen atoms in total. The molecule has 1 aromatic heterocycles. The van der Waals surface area contributed by atoms with Gasteiger partial charge in [0.2, 0.25) is 5.95 Å². The molecule has 2 aromatic rings. The molecule has 0 aliphatic carbocycles. The van der Waals surface area contributed by atoms with Crippen LogP contribution in [0.1, 0.15) is 12.0 Å². The van der Waals surface area contributed by atoms with Gasteiger partial charge in [-0.1, -0.05) is 23.7 Å². The van der Waals surface area contributed by atoms with E-state index in [4.69, 9.17) is 16.9 Å². The Hall–Kier alpha value is -2.16. The van der Waals surface area contributed by atoms with E-state index in [9.17, 15) is 0 Å². The van der Waals surface area contributed by atoms with Crippen LogP contribution >= 0.6 is 11.6 Å². The van der Waals surface area contributed by atoms with Crippen molar-refractivity contribution < 1.29 is 0 Å². The Bertz CT molecular complexity index is 687. The van der Waals surface area contributed by atoms with Crippen LogP contribution in [0.2, 0.25) is 5.02 Å². The summed E-state index contributed by atoms with van der Waals surface area (Å²) in [6, 6.07) is 9.30. The van der Waals surface area contributed by atoms with Gasteiger partial charge in [0.15, 0.2) is 0 Å². The first-order valence-corrected chi connectivity index (χ1v) is 7.62. The van der Waals surface area contributed by atoms with Crippen LogP contribution in [0.15, 0.2) is 30.5 Å². The van der Waals surface area contributed by atoms with E-state index in [1.54, 1.807) is 18.3 Å². The average Bonchev–Trinajstić information content (AvgIpc) is 3.08. The van der Waals surface area contributed by atoms with Crippen molar-refractivity contribution in [1.82, 2.24) is 15.3 Å². The molecule has 1 aromatic carbocycles. The largest absolute Gasteiger partial charge is 0.354 e. The van der Waals surface area contributed by atoms with Gasteiger partial charge in [-0.15, -0.1) is 0 Å². The molecule has 1 saturated heterocycles. The lowest BCUT2D eigenvalue weighted by molar-refractivity contribution is 0.613. The summed E-state index contributed by atoms with van der Waals surface area (Å²) in [6.07, 6.45) is 2.78. The predicted molar refractivity (Wildman–Crippen MR) is 86.7 cm³/mol. The maximum atomic E-state index is 8.85.